The monoisotopic (exact) mass is 326 g/mol. The van der Waals surface area contributed by atoms with Gasteiger partial charge in [0.2, 0.25) is 10.0 Å². The highest BCUT2D eigenvalue weighted by atomic mass is 35.5. The second-order valence-electron chi connectivity index (χ2n) is 4.21. The quantitative estimate of drug-likeness (QED) is 0.883. The smallest absolute Gasteiger partial charge is 0.275 e. The summed E-state index contributed by atoms with van der Waals surface area (Å²) in [5.41, 5.74) is 0.773. The molecule has 2 aromatic rings. The maximum absolute atomic E-state index is 12.0. The van der Waals surface area contributed by atoms with Crippen LogP contribution >= 0.6 is 11.6 Å². The number of aromatic nitrogens is 2. The van der Waals surface area contributed by atoms with Crippen LogP contribution in [0.3, 0.4) is 0 Å². The first-order valence-electron chi connectivity index (χ1n) is 5.70. The Bertz CT molecular complexity index is 808. The van der Waals surface area contributed by atoms with E-state index in [-0.39, 0.29) is 21.4 Å². The van der Waals surface area contributed by atoms with Crippen molar-refractivity contribution < 1.29 is 13.2 Å². The van der Waals surface area contributed by atoms with Crippen LogP contribution in [0.1, 0.15) is 16.1 Å². The molecule has 0 aliphatic carbocycles. The number of benzene rings is 1. The number of nitrogens with one attached hydrogen (secondary N) is 1. The number of aryl methyl sites for hydroxylation is 1. The van der Waals surface area contributed by atoms with Crippen LogP contribution in [0.25, 0.3) is 0 Å². The normalized spacial score (nSPS) is 11.2. The van der Waals surface area contributed by atoms with Crippen LogP contribution in [0.15, 0.2) is 35.5 Å². The van der Waals surface area contributed by atoms with Crippen molar-refractivity contribution in [3.8, 4) is 0 Å². The minimum Gasteiger partial charge on any atom is -0.321 e. The van der Waals surface area contributed by atoms with E-state index < -0.39 is 15.9 Å². The van der Waals surface area contributed by atoms with Crippen molar-refractivity contribution in [3.63, 3.8) is 0 Å². The summed E-state index contributed by atoms with van der Waals surface area (Å²) < 4.78 is 22.9. The first-order chi connectivity index (χ1) is 9.77. The van der Waals surface area contributed by atoms with Gasteiger partial charge in [-0.05, 0) is 24.6 Å². The first-order valence-corrected chi connectivity index (χ1v) is 7.62. The molecule has 0 aliphatic heterocycles. The van der Waals surface area contributed by atoms with Gasteiger partial charge in [-0.2, -0.15) is 0 Å². The number of amides is 1. The number of hydrogen-bond donors (Lipinski definition) is 2. The van der Waals surface area contributed by atoms with Crippen molar-refractivity contribution in [1.29, 1.82) is 0 Å². The molecule has 110 valence electrons. The van der Waals surface area contributed by atoms with Gasteiger partial charge in [0, 0.05) is 5.69 Å². The fourth-order valence-corrected chi connectivity index (χ4v) is 2.59. The van der Waals surface area contributed by atoms with Gasteiger partial charge in [-0.25, -0.2) is 18.5 Å². The van der Waals surface area contributed by atoms with Crippen molar-refractivity contribution in [2.75, 3.05) is 5.32 Å². The molecule has 0 saturated heterocycles. The highest BCUT2D eigenvalue weighted by Crippen LogP contribution is 2.19. The molecule has 0 aliphatic rings. The third-order valence-corrected chi connectivity index (χ3v) is 3.83. The Morgan fingerprint density at radius 2 is 2.05 bits per heavy atom. The molecule has 1 amide bonds. The first kappa shape index (κ1) is 15.4. The molecule has 9 heteroatoms. The lowest BCUT2D eigenvalue weighted by Gasteiger charge is -2.08. The Hall–Kier alpha value is -2.03. The molecule has 1 heterocycles. The van der Waals surface area contributed by atoms with Crippen molar-refractivity contribution >= 4 is 33.2 Å². The zero-order valence-corrected chi connectivity index (χ0v) is 12.4. The highest BCUT2D eigenvalue weighted by molar-refractivity contribution is 7.89. The van der Waals surface area contributed by atoms with E-state index in [1.54, 1.807) is 19.1 Å². The lowest BCUT2D eigenvalue weighted by molar-refractivity contribution is 0.102. The Morgan fingerprint density at radius 1 is 1.33 bits per heavy atom. The average molecular weight is 327 g/mol. The number of primary sulfonamides is 1. The van der Waals surface area contributed by atoms with Gasteiger partial charge in [-0.1, -0.05) is 17.7 Å². The van der Waals surface area contributed by atoms with E-state index in [1.807, 2.05) is 0 Å². The van der Waals surface area contributed by atoms with Crippen LogP contribution in [-0.4, -0.2) is 24.3 Å². The Morgan fingerprint density at radius 3 is 2.67 bits per heavy atom. The Balaban J connectivity index is 2.30. The van der Waals surface area contributed by atoms with Crippen LogP contribution in [0, 0.1) is 6.92 Å². The number of hydrogen-bond acceptors (Lipinski definition) is 5. The van der Waals surface area contributed by atoms with Crippen LogP contribution in [0.5, 0.6) is 0 Å². The summed E-state index contributed by atoms with van der Waals surface area (Å²) >= 11 is 5.65. The minimum absolute atomic E-state index is 0.0141. The molecule has 1 aromatic carbocycles. The number of carbonyl (C=O) groups excluding carboxylic acids is 1. The minimum atomic E-state index is -3.86. The van der Waals surface area contributed by atoms with Crippen molar-refractivity contribution in [2.45, 2.75) is 11.8 Å². The molecule has 21 heavy (non-hydrogen) atoms. The zero-order valence-electron chi connectivity index (χ0n) is 10.9. The molecule has 0 saturated carbocycles. The van der Waals surface area contributed by atoms with E-state index in [0.717, 1.165) is 0 Å². The molecular formula is C12H11ClN4O3S. The third kappa shape index (κ3) is 3.75. The summed E-state index contributed by atoms with van der Waals surface area (Å²) in [4.78, 5) is 19.5. The average Bonchev–Trinajstić information content (AvgIpc) is 2.39. The van der Waals surface area contributed by atoms with Gasteiger partial charge in [0.05, 0.1) is 17.3 Å². The highest BCUT2D eigenvalue weighted by Gasteiger charge is 2.14. The molecule has 7 nitrogen and oxygen atoms in total. The van der Waals surface area contributed by atoms with Gasteiger partial charge in [0.25, 0.3) is 5.91 Å². The number of anilines is 1. The molecule has 3 N–H and O–H groups in total. The van der Waals surface area contributed by atoms with E-state index >= 15 is 0 Å². The van der Waals surface area contributed by atoms with Gasteiger partial charge in [-0.3, -0.25) is 9.78 Å². The Kier molecular flexibility index (Phi) is 4.21. The van der Waals surface area contributed by atoms with E-state index in [1.165, 1.54) is 18.5 Å². The SMILES string of the molecule is Cc1ccc(NC(=O)c2cncc(Cl)n2)cc1S(N)(=O)=O. The predicted octanol–water partition coefficient (Wildman–Crippen LogP) is 1.34. The summed E-state index contributed by atoms with van der Waals surface area (Å²) in [5, 5.41) is 7.69. The number of sulfonamides is 1. The maximum atomic E-state index is 12.0. The van der Waals surface area contributed by atoms with Gasteiger partial charge < -0.3 is 5.32 Å². The standard InChI is InChI=1S/C12H11ClN4O3S/c1-7-2-3-8(4-10(7)21(14,19)20)16-12(18)9-5-15-6-11(13)17-9/h2-6H,1H3,(H,16,18)(H2,14,19,20). The fraction of sp³-hybridized carbons (Fsp3) is 0.0833. The molecule has 2 rings (SSSR count). The summed E-state index contributed by atoms with van der Waals surface area (Å²) in [6, 6.07) is 4.37. The van der Waals surface area contributed by atoms with Crippen molar-refractivity contribution in [1.82, 2.24) is 9.97 Å². The van der Waals surface area contributed by atoms with Crippen LogP contribution < -0.4 is 10.5 Å². The molecule has 0 atom stereocenters. The maximum Gasteiger partial charge on any atom is 0.275 e. The van der Waals surface area contributed by atoms with Crippen molar-refractivity contribution in [2.24, 2.45) is 5.14 Å². The number of nitrogens with two attached hydrogens (primary N) is 1. The lowest BCUT2D eigenvalue weighted by Crippen LogP contribution is -2.16. The third-order valence-electron chi connectivity index (χ3n) is 2.59. The van der Waals surface area contributed by atoms with E-state index in [2.05, 4.69) is 15.3 Å². The molecule has 0 bridgehead atoms. The summed E-state index contributed by atoms with van der Waals surface area (Å²) in [6.07, 6.45) is 2.54. The predicted molar refractivity (Wildman–Crippen MR) is 77.5 cm³/mol. The Labute approximate surface area is 126 Å². The van der Waals surface area contributed by atoms with Gasteiger partial charge in [0.15, 0.2) is 0 Å². The van der Waals surface area contributed by atoms with Gasteiger partial charge in [0.1, 0.15) is 10.8 Å². The number of rotatable bonds is 3. The van der Waals surface area contributed by atoms with E-state index in [9.17, 15) is 13.2 Å². The van der Waals surface area contributed by atoms with E-state index in [0.29, 0.717) is 5.56 Å². The van der Waals surface area contributed by atoms with Crippen LogP contribution in [-0.2, 0) is 10.0 Å². The van der Waals surface area contributed by atoms with Gasteiger partial charge >= 0.3 is 0 Å². The molecule has 0 fully saturated rings. The molecule has 1 aromatic heterocycles. The number of halogens is 1. The summed E-state index contributed by atoms with van der Waals surface area (Å²) in [7, 11) is -3.86. The topological polar surface area (TPSA) is 115 Å². The fourth-order valence-electron chi connectivity index (χ4n) is 1.63. The summed E-state index contributed by atoms with van der Waals surface area (Å²) in [6.45, 7) is 1.60. The molecular weight excluding hydrogens is 316 g/mol. The van der Waals surface area contributed by atoms with Crippen LogP contribution in [0.4, 0.5) is 5.69 Å². The van der Waals surface area contributed by atoms with E-state index in [4.69, 9.17) is 16.7 Å². The second-order valence-corrected chi connectivity index (χ2v) is 6.12. The second kappa shape index (κ2) is 5.76. The molecule has 0 radical (unpaired) electrons. The van der Waals surface area contributed by atoms with Crippen molar-refractivity contribution in [3.05, 3.63) is 47.0 Å². The largest absolute Gasteiger partial charge is 0.321 e. The number of nitrogens with zero attached hydrogens (tertiary/aromatic N) is 2. The molecule has 0 unspecified atom stereocenters. The van der Waals surface area contributed by atoms with Crippen LogP contribution in [0.2, 0.25) is 5.15 Å². The zero-order chi connectivity index (χ0) is 15.6. The summed E-state index contributed by atoms with van der Waals surface area (Å²) in [5.74, 6) is -0.561. The lowest BCUT2D eigenvalue weighted by atomic mass is 10.2. The number of carbonyl (C=O) groups is 1. The molecule has 0 spiro atoms. The van der Waals surface area contributed by atoms with Gasteiger partial charge in [-0.15, -0.1) is 0 Å².